The van der Waals surface area contributed by atoms with E-state index in [2.05, 4.69) is 34.8 Å². The highest BCUT2D eigenvalue weighted by molar-refractivity contribution is 5.43. The fourth-order valence-electron chi connectivity index (χ4n) is 3.05. The van der Waals surface area contributed by atoms with Crippen molar-refractivity contribution in [2.24, 2.45) is 0 Å². The minimum atomic E-state index is 0.829. The Morgan fingerprint density at radius 2 is 2.14 bits per heavy atom. The van der Waals surface area contributed by atoms with Gasteiger partial charge in [0, 0.05) is 24.1 Å². The molecule has 0 fully saturated rings. The van der Waals surface area contributed by atoms with Gasteiger partial charge in [0.05, 0.1) is 17.9 Å². The van der Waals surface area contributed by atoms with Gasteiger partial charge in [-0.25, -0.2) is 4.98 Å². The molecule has 1 N–H and O–H groups in total. The van der Waals surface area contributed by atoms with Crippen molar-refractivity contribution in [3.63, 3.8) is 0 Å². The van der Waals surface area contributed by atoms with Gasteiger partial charge in [-0.2, -0.15) is 0 Å². The zero-order valence-corrected chi connectivity index (χ0v) is 13.0. The highest BCUT2D eigenvalue weighted by Gasteiger charge is 2.18. The Bertz CT molecular complexity index is 615. The van der Waals surface area contributed by atoms with E-state index in [0.29, 0.717) is 0 Å². The molecule has 4 heteroatoms. The van der Waals surface area contributed by atoms with Crippen molar-refractivity contribution in [3.8, 4) is 0 Å². The highest BCUT2D eigenvalue weighted by Crippen LogP contribution is 2.23. The zero-order valence-electron chi connectivity index (χ0n) is 13.0. The van der Waals surface area contributed by atoms with Crippen LogP contribution in [0.3, 0.4) is 0 Å². The molecule has 0 unspecified atom stereocenters. The molecule has 0 aliphatic heterocycles. The van der Waals surface area contributed by atoms with Crippen LogP contribution in [0.2, 0.25) is 0 Å². The molecule has 2 aromatic heterocycles. The van der Waals surface area contributed by atoms with Crippen LogP contribution in [0.25, 0.3) is 0 Å². The van der Waals surface area contributed by atoms with Crippen LogP contribution >= 0.6 is 0 Å². The maximum Gasteiger partial charge on any atom is 0.106 e. The first kappa shape index (κ1) is 14.1. The van der Waals surface area contributed by atoms with Crippen molar-refractivity contribution in [2.75, 3.05) is 11.9 Å². The molecule has 0 spiro atoms. The molecule has 0 amide bonds. The number of rotatable bonds is 5. The Morgan fingerprint density at radius 1 is 1.29 bits per heavy atom. The Labute approximate surface area is 126 Å². The molecule has 4 nitrogen and oxygen atoms in total. The number of hydrogen-bond acceptors (Lipinski definition) is 3. The van der Waals surface area contributed by atoms with Gasteiger partial charge in [0.15, 0.2) is 0 Å². The standard InChI is InChI=1S/C17H24N4/c1-3-9-18-14-8-10-19-15(11-14)12-21-13(2)20-16-6-4-5-7-17(16)21/h8,10-11H,3-7,9,12H2,1-2H3,(H,18,19). The Balaban J connectivity index is 1.82. The molecule has 112 valence electrons. The molecule has 1 aliphatic carbocycles. The first-order valence-corrected chi connectivity index (χ1v) is 8.01. The molecule has 2 aromatic rings. The summed E-state index contributed by atoms with van der Waals surface area (Å²) >= 11 is 0. The second-order valence-corrected chi connectivity index (χ2v) is 5.81. The number of nitrogens with zero attached hydrogens (tertiary/aromatic N) is 3. The first-order valence-electron chi connectivity index (χ1n) is 8.01. The van der Waals surface area contributed by atoms with Gasteiger partial charge in [-0.15, -0.1) is 0 Å². The number of imidazole rings is 1. The SMILES string of the molecule is CCCNc1ccnc(Cn2c(C)nc3c2CCCC3)c1. The molecule has 3 rings (SSSR count). The predicted molar refractivity (Wildman–Crippen MR) is 85.7 cm³/mol. The maximum atomic E-state index is 4.74. The van der Waals surface area contributed by atoms with Crippen LogP contribution in [0, 0.1) is 6.92 Å². The van der Waals surface area contributed by atoms with Gasteiger partial charge in [0.1, 0.15) is 5.82 Å². The summed E-state index contributed by atoms with van der Waals surface area (Å²) in [6.07, 6.45) is 7.87. The van der Waals surface area contributed by atoms with E-state index in [4.69, 9.17) is 4.98 Å². The largest absolute Gasteiger partial charge is 0.385 e. The van der Waals surface area contributed by atoms with Crippen molar-refractivity contribution >= 4 is 5.69 Å². The third-order valence-electron chi connectivity index (χ3n) is 4.14. The molecule has 0 saturated carbocycles. The summed E-state index contributed by atoms with van der Waals surface area (Å²) < 4.78 is 2.35. The summed E-state index contributed by atoms with van der Waals surface area (Å²) in [6, 6.07) is 4.19. The van der Waals surface area contributed by atoms with E-state index >= 15 is 0 Å². The van der Waals surface area contributed by atoms with Crippen LogP contribution in [0.5, 0.6) is 0 Å². The van der Waals surface area contributed by atoms with Crippen LogP contribution in [0.4, 0.5) is 5.69 Å². The molecule has 0 saturated heterocycles. The summed E-state index contributed by atoms with van der Waals surface area (Å²) in [6.45, 7) is 6.12. The predicted octanol–water partition coefficient (Wildman–Crippen LogP) is 3.34. The van der Waals surface area contributed by atoms with Crippen LogP contribution < -0.4 is 5.32 Å². The lowest BCUT2D eigenvalue weighted by atomic mass is 10.0. The Kier molecular flexibility index (Phi) is 4.23. The molecule has 21 heavy (non-hydrogen) atoms. The Hall–Kier alpha value is -1.84. The molecule has 1 aliphatic rings. The molecule has 2 heterocycles. The molecular formula is C17H24N4. The smallest absolute Gasteiger partial charge is 0.106 e. The van der Waals surface area contributed by atoms with Crippen molar-refractivity contribution in [2.45, 2.75) is 52.5 Å². The lowest BCUT2D eigenvalue weighted by molar-refractivity contribution is 0.620. The van der Waals surface area contributed by atoms with Crippen LogP contribution in [0.1, 0.15) is 49.1 Å². The highest BCUT2D eigenvalue weighted by atomic mass is 15.1. The van der Waals surface area contributed by atoms with Crippen LogP contribution in [-0.2, 0) is 19.4 Å². The summed E-state index contributed by atoms with van der Waals surface area (Å²) in [5, 5.41) is 3.43. The van der Waals surface area contributed by atoms with Gasteiger partial charge in [0.25, 0.3) is 0 Å². The van der Waals surface area contributed by atoms with E-state index < -0.39 is 0 Å². The van der Waals surface area contributed by atoms with E-state index in [-0.39, 0.29) is 0 Å². The number of fused-ring (bicyclic) bond motifs is 1. The third kappa shape index (κ3) is 3.09. The van der Waals surface area contributed by atoms with Crippen molar-refractivity contribution in [1.29, 1.82) is 0 Å². The monoisotopic (exact) mass is 284 g/mol. The molecule has 0 radical (unpaired) electrons. The average molecular weight is 284 g/mol. The summed E-state index contributed by atoms with van der Waals surface area (Å²) in [4.78, 5) is 9.26. The number of aryl methyl sites for hydroxylation is 2. The van der Waals surface area contributed by atoms with E-state index in [9.17, 15) is 0 Å². The lowest BCUT2D eigenvalue weighted by Crippen LogP contribution is -2.11. The number of aromatic nitrogens is 3. The maximum absolute atomic E-state index is 4.74. The third-order valence-corrected chi connectivity index (χ3v) is 4.14. The van der Waals surface area contributed by atoms with E-state index in [1.807, 2.05) is 12.3 Å². The molecule has 0 aromatic carbocycles. The van der Waals surface area contributed by atoms with E-state index in [0.717, 1.165) is 49.6 Å². The normalized spacial score (nSPS) is 14.0. The van der Waals surface area contributed by atoms with Crippen molar-refractivity contribution in [1.82, 2.24) is 14.5 Å². The van der Waals surface area contributed by atoms with Gasteiger partial charge in [0.2, 0.25) is 0 Å². The summed E-state index contributed by atoms with van der Waals surface area (Å²) in [7, 11) is 0. The average Bonchev–Trinajstić information content (AvgIpc) is 2.82. The van der Waals surface area contributed by atoms with Gasteiger partial charge in [-0.3, -0.25) is 4.98 Å². The van der Waals surface area contributed by atoms with E-state index in [1.165, 1.54) is 24.2 Å². The second-order valence-electron chi connectivity index (χ2n) is 5.81. The summed E-state index contributed by atoms with van der Waals surface area (Å²) in [5.41, 5.74) is 4.99. The zero-order chi connectivity index (χ0) is 14.7. The van der Waals surface area contributed by atoms with Gasteiger partial charge < -0.3 is 9.88 Å². The summed E-state index contributed by atoms with van der Waals surface area (Å²) in [5.74, 6) is 1.12. The van der Waals surface area contributed by atoms with Crippen LogP contribution in [0.15, 0.2) is 18.3 Å². The molecular weight excluding hydrogens is 260 g/mol. The Morgan fingerprint density at radius 3 is 3.00 bits per heavy atom. The quantitative estimate of drug-likeness (QED) is 0.915. The van der Waals surface area contributed by atoms with E-state index in [1.54, 1.807) is 0 Å². The molecule has 0 bridgehead atoms. The number of nitrogens with one attached hydrogen (secondary N) is 1. The number of pyridine rings is 1. The van der Waals surface area contributed by atoms with Crippen LogP contribution in [-0.4, -0.2) is 21.1 Å². The van der Waals surface area contributed by atoms with Gasteiger partial charge in [-0.1, -0.05) is 6.92 Å². The first-order chi connectivity index (χ1) is 10.3. The minimum absolute atomic E-state index is 0.829. The fraction of sp³-hybridized carbons (Fsp3) is 0.529. The minimum Gasteiger partial charge on any atom is -0.385 e. The van der Waals surface area contributed by atoms with Gasteiger partial charge >= 0.3 is 0 Å². The fourth-order valence-corrected chi connectivity index (χ4v) is 3.05. The number of anilines is 1. The topological polar surface area (TPSA) is 42.7 Å². The van der Waals surface area contributed by atoms with Gasteiger partial charge in [-0.05, 0) is 51.2 Å². The van der Waals surface area contributed by atoms with Crippen molar-refractivity contribution in [3.05, 3.63) is 41.2 Å². The van der Waals surface area contributed by atoms with Crippen molar-refractivity contribution < 1.29 is 0 Å². The number of hydrogen-bond donors (Lipinski definition) is 1. The lowest BCUT2D eigenvalue weighted by Gasteiger charge is -2.15. The second kappa shape index (κ2) is 6.29. The molecule has 0 atom stereocenters.